The molecule has 0 bridgehead atoms. The number of hydrogen-bond acceptors (Lipinski definition) is 10. The second-order valence-corrected chi connectivity index (χ2v) is 9.69. The molecule has 0 unspecified atom stereocenters. The standard InChI is InChI=1S/C19H23N5O7S/c1-8(2)9-3-5-10(6-4-9)32(29,30)19-21-12-15(22-18(20)23-16(12)28)24(19)17-14(27)13(26)11(7-25)31-17/h3-6,8,11,13-14,17,25-27H,7H2,1-2H3,(H3,20,22,23,28)/t11-,13-,14-,17-/m1/s1. The predicted molar refractivity (Wildman–Crippen MR) is 112 cm³/mol. The van der Waals surface area contributed by atoms with Gasteiger partial charge in [0.15, 0.2) is 17.4 Å². The highest BCUT2D eigenvalue weighted by molar-refractivity contribution is 7.91. The lowest BCUT2D eigenvalue weighted by molar-refractivity contribution is -0.0550. The van der Waals surface area contributed by atoms with E-state index < -0.39 is 51.7 Å². The van der Waals surface area contributed by atoms with Crippen LogP contribution in [0, 0.1) is 0 Å². The zero-order valence-corrected chi connectivity index (χ0v) is 18.0. The largest absolute Gasteiger partial charge is 0.394 e. The Hall–Kier alpha value is -2.84. The number of rotatable bonds is 5. The number of nitrogens with two attached hydrogens (primary N) is 1. The van der Waals surface area contributed by atoms with Gasteiger partial charge < -0.3 is 25.8 Å². The number of benzene rings is 1. The lowest BCUT2D eigenvalue weighted by atomic mass is 10.0. The summed E-state index contributed by atoms with van der Waals surface area (Å²) >= 11 is 0. The molecule has 13 heteroatoms. The normalized spacial score (nSPS) is 23.9. The Morgan fingerprint density at radius 3 is 2.41 bits per heavy atom. The van der Waals surface area contributed by atoms with Gasteiger partial charge in [-0.2, -0.15) is 4.98 Å². The Kier molecular flexibility index (Phi) is 5.55. The summed E-state index contributed by atoms with van der Waals surface area (Å²) in [5.74, 6) is -0.123. The predicted octanol–water partition coefficient (Wildman–Crippen LogP) is -0.730. The quantitative estimate of drug-likeness (QED) is 0.321. The smallest absolute Gasteiger partial charge is 0.280 e. The number of nitrogen functional groups attached to an aromatic ring is 1. The monoisotopic (exact) mass is 465 g/mol. The van der Waals surface area contributed by atoms with Crippen LogP contribution in [0.15, 0.2) is 39.1 Å². The summed E-state index contributed by atoms with van der Waals surface area (Å²) in [7, 11) is -4.32. The van der Waals surface area contributed by atoms with Gasteiger partial charge in [0.25, 0.3) is 5.56 Å². The highest BCUT2D eigenvalue weighted by atomic mass is 32.2. The van der Waals surface area contributed by atoms with Gasteiger partial charge in [-0.25, -0.2) is 13.4 Å². The fraction of sp³-hybridized carbons (Fsp3) is 0.421. The molecule has 3 aromatic rings. The lowest BCUT2D eigenvalue weighted by Gasteiger charge is -2.19. The number of anilines is 1. The summed E-state index contributed by atoms with van der Waals surface area (Å²) in [6.45, 7) is 3.30. The van der Waals surface area contributed by atoms with Gasteiger partial charge >= 0.3 is 0 Å². The molecule has 6 N–H and O–H groups in total. The van der Waals surface area contributed by atoms with E-state index in [0.29, 0.717) is 0 Å². The molecular formula is C19H23N5O7S. The number of ether oxygens (including phenoxy) is 1. The third kappa shape index (κ3) is 3.47. The number of aliphatic hydroxyl groups excluding tert-OH is 3. The van der Waals surface area contributed by atoms with Crippen LogP contribution < -0.4 is 11.3 Å². The minimum Gasteiger partial charge on any atom is -0.394 e. The maximum atomic E-state index is 13.5. The van der Waals surface area contributed by atoms with E-state index in [1.165, 1.54) is 12.1 Å². The first-order valence-corrected chi connectivity index (χ1v) is 11.3. The molecule has 172 valence electrons. The molecule has 12 nitrogen and oxygen atoms in total. The molecule has 1 saturated heterocycles. The summed E-state index contributed by atoms with van der Waals surface area (Å²) < 4.78 is 33.4. The summed E-state index contributed by atoms with van der Waals surface area (Å²) in [5, 5.41) is 29.5. The minimum atomic E-state index is -4.32. The number of aromatic nitrogens is 4. The Morgan fingerprint density at radius 1 is 1.19 bits per heavy atom. The van der Waals surface area contributed by atoms with Crippen LogP contribution in [0.25, 0.3) is 11.2 Å². The summed E-state index contributed by atoms with van der Waals surface area (Å²) in [6, 6.07) is 6.16. The number of nitrogens with zero attached hydrogens (tertiary/aromatic N) is 3. The number of imidazole rings is 1. The van der Waals surface area contributed by atoms with Crippen LogP contribution >= 0.6 is 0 Å². The van der Waals surface area contributed by atoms with Gasteiger partial charge in [0, 0.05) is 0 Å². The Labute approximate surface area is 182 Å². The third-order valence-electron chi connectivity index (χ3n) is 5.41. The zero-order chi connectivity index (χ0) is 23.4. The van der Waals surface area contributed by atoms with E-state index in [4.69, 9.17) is 10.5 Å². The average Bonchev–Trinajstić information content (AvgIpc) is 3.26. The van der Waals surface area contributed by atoms with Gasteiger partial charge in [0.1, 0.15) is 18.3 Å². The van der Waals surface area contributed by atoms with E-state index in [1.807, 2.05) is 13.8 Å². The SMILES string of the molecule is CC(C)c1ccc(S(=O)(=O)c2nc3c(=O)[nH]c(N)nc3n2[C@@H]2O[C@H](CO)[C@@H](O)[C@H]2O)cc1. The van der Waals surface area contributed by atoms with E-state index in [1.54, 1.807) is 12.1 Å². The highest BCUT2D eigenvalue weighted by Gasteiger charge is 2.46. The summed E-state index contributed by atoms with van der Waals surface area (Å²) in [5.41, 5.74) is 5.18. The topological polar surface area (TPSA) is 194 Å². The number of hydrogen-bond donors (Lipinski definition) is 5. The van der Waals surface area contributed by atoms with Crippen molar-refractivity contribution in [1.29, 1.82) is 0 Å². The second-order valence-electron chi connectivity index (χ2n) is 7.84. The fourth-order valence-electron chi connectivity index (χ4n) is 3.63. The van der Waals surface area contributed by atoms with Gasteiger partial charge in [0.2, 0.25) is 20.9 Å². The Morgan fingerprint density at radius 2 is 1.84 bits per heavy atom. The first-order valence-electron chi connectivity index (χ1n) is 9.81. The van der Waals surface area contributed by atoms with Crippen molar-refractivity contribution >= 4 is 26.9 Å². The first kappa shape index (κ1) is 22.4. The van der Waals surface area contributed by atoms with Crippen molar-refractivity contribution in [3.63, 3.8) is 0 Å². The van der Waals surface area contributed by atoms with Crippen molar-refractivity contribution in [2.75, 3.05) is 12.3 Å². The van der Waals surface area contributed by atoms with E-state index in [0.717, 1.165) is 10.1 Å². The molecule has 1 aliphatic rings. The van der Waals surface area contributed by atoms with Crippen LogP contribution in [0.2, 0.25) is 0 Å². The van der Waals surface area contributed by atoms with Gasteiger partial charge in [-0.15, -0.1) is 0 Å². The van der Waals surface area contributed by atoms with Crippen molar-refractivity contribution in [1.82, 2.24) is 19.5 Å². The van der Waals surface area contributed by atoms with Crippen LogP contribution in [-0.4, -0.2) is 68.2 Å². The summed E-state index contributed by atoms with van der Waals surface area (Å²) in [4.78, 5) is 22.5. The molecule has 2 aromatic heterocycles. The molecule has 0 spiro atoms. The molecule has 0 radical (unpaired) electrons. The van der Waals surface area contributed by atoms with Crippen molar-refractivity contribution in [3.8, 4) is 0 Å². The molecule has 1 aliphatic heterocycles. The molecule has 1 aromatic carbocycles. The molecule has 0 saturated carbocycles. The first-order chi connectivity index (χ1) is 15.1. The molecule has 1 fully saturated rings. The van der Waals surface area contributed by atoms with E-state index in [9.17, 15) is 28.5 Å². The van der Waals surface area contributed by atoms with Crippen molar-refractivity contribution in [2.45, 2.75) is 54.4 Å². The number of nitrogens with one attached hydrogen (secondary N) is 1. The number of H-pyrrole nitrogens is 1. The average molecular weight is 465 g/mol. The van der Waals surface area contributed by atoms with Crippen LogP contribution in [0.5, 0.6) is 0 Å². The molecule has 32 heavy (non-hydrogen) atoms. The Balaban J connectivity index is 1.96. The summed E-state index contributed by atoms with van der Waals surface area (Å²) in [6.07, 6.45) is -5.83. The zero-order valence-electron chi connectivity index (χ0n) is 17.2. The molecule has 3 heterocycles. The molecule has 4 rings (SSSR count). The highest BCUT2D eigenvalue weighted by Crippen LogP contribution is 2.35. The Bertz CT molecular complexity index is 1320. The van der Waals surface area contributed by atoms with Gasteiger partial charge in [-0.3, -0.25) is 14.3 Å². The minimum absolute atomic E-state index is 0.102. The van der Waals surface area contributed by atoms with Crippen molar-refractivity contribution in [3.05, 3.63) is 40.2 Å². The van der Waals surface area contributed by atoms with E-state index in [2.05, 4.69) is 15.0 Å². The second kappa shape index (κ2) is 7.94. The number of fused-ring (bicyclic) bond motifs is 1. The van der Waals surface area contributed by atoms with Crippen LogP contribution in [0.4, 0.5) is 5.95 Å². The third-order valence-corrected chi connectivity index (χ3v) is 7.07. The number of aliphatic hydroxyl groups is 3. The number of sulfone groups is 1. The van der Waals surface area contributed by atoms with Crippen LogP contribution in [0.3, 0.4) is 0 Å². The molecule has 4 atom stereocenters. The number of aromatic amines is 1. The maximum Gasteiger partial charge on any atom is 0.280 e. The molecular weight excluding hydrogens is 442 g/mol. The van der Waals surface area contributed by atoms with Crippen LogP contribution in [-0.2, 0) is 14.6 Å². The lowest BCUT2D eigenvalue weighted by Crippen LogP contribution is -2.33. The van der Waals surface area contributed by atoms with Crippen molar-refractivity contribution in [2.24, 2.45) is 0 Å². The fourth-order valence-corrected chi connectivity index (χ4v) is 5.00. The maximum absolute atomic E-state index is 13.5. The molecule has 0 aliphatic carbocycles. The molecule has 0 amide bonds. The van der Waals surface area contributed by atoms with Gasteiger partial charge in [-0.1, -0.05) is 26.0 Å². The van der Waals surface area contributed by atoms with E-state index in [-0.39, 0.29) is 27.9 Å². The van der Waals surface area contributed by atoms with Crippen LogP contribution in [0.1, 0.15) is 31.6 Å². The van der Waals surface area contributed by atoms with Crippen molar-refractivity contribution < 1.29 is 28.5 Å². The van der Waals surface area contributed by atoms with Gasteiger partial charge in [0.05, 0.1) is 11.5 Å². The van der Waals surface area contributed by atoms with E-state index >= 15 is 0 Å². The van der Waals surface area contributed by atoms with Gasteiger partial charge in [-0.05, 0) is 23.6 Å².